The summed E-state index contributed by atoms with van der Waals surface area (Å²) in [6.45, 7) is 2.23. The number of ether oxygens (including phenoxy) is 1. The van der Waals surface area contributed by atoms with Gasteiger partial charge >= 0.3 is 5.97 Å². The van der Waals surface area contributed by atoms with E-state index in [1.165, 1.54) is 11.8 Å². The van der Waals surface area contributed by atoms with Crippen LogP contribution in [-0.2, 0) is 17.7 Å². The molecule has 9 heteroatoms. The summed E-state index contributed by atoms with van der Waals surface area (Å²) in [6.07, 6.45) is 0.387. The number of hydrogen-bond acceptors (Lipinski definition) is 7. The first kappa shape index (κ1) is 13.1. The molecular formula is C10H13N5O4. The molecule has 9 nitrogen and oxygen atoms in total. The molecule has 0 amide bonds. The topological polar surface area (TPSA) is 116 Å². The fourth-order valence-electron chi connectivity index (χ4n) is 1.60. The molecule has 0 aliphatic rings. The minimum atomic E-state index is -1.13. The van der Waals surface area contributed by atoms with Gasteiger partial charge in [0.25, 0.3) is 0 Å². The van der Waals surface area contributed by atoms with Gasteiger partial charge in [0.1, 0.15) is 6.54 Å². The van der Waals surface area contributed by atoms with Gasteiger partial charge in [-0.15, -0.1) is 15.3 Å². The molecule has 19 heavy (non-hydrogen) atoms. The number of carboxylic acid groups (broad SMARTS) is 1. The van der Waals surface area contributed by atoms with Crippen LogP contribution >= 0.6 is 0 Å². The Bertz CT molecular complexity index is 576. The smallest absolute Gasteiger partial charge is 0.358 e. The molecule has 0 aliphatic carbocycles. The van der Waals surface area contributed by atoms with Crippen LogP contribution in [0, 0.1) is 6.92 Å². The summed E-state index contributed by atoms with van der Waals surface area (Å²) >= 11 is 0. The van der Waals surface area contributed by atoms with E-state index in [4.69, 9.17) is 14.3 Å². The lowest BCUT2D eigenvalue weighted by Gasteiger charge is -2.04. The van der Waals surface area contributed by atoms with Crippen LogP contribution in [0.5, 0.6) is 0 Å². The van der Waals surface area contributed by atoms with Gasteiger partial charge in [0, 0.05) is 20.5 Å². The van der Waals surface area contributed by atoms with Gasteiger partial charge in [-0.1, -0.05) is 5.21 Å². The Morgan fingerprint density at radius 1 is 1.42 bits per heavy atom. The van der Waals surface area contributed by atoms with Gasteiger partial charge in [-0.2, -0.15) is 0 Å². The highest BCUT2D eigenvalue weighted by Crippen LogP contribution is 2.09. The molecule has 0 radical (unpaired) electrons. The van der Waals surface area contributed by atoms with Crippen molar-refractivity contribution in [2.24, 2.45) is 0 Å². The first-order valence-electron chi connectivity index (χ1n) is 5.55. The first-order valence-corrected chi connectivity index (χ1v) is 5.55. The molecule has 1 N–H and O–H groups in total. The Morgan fingerprint density at radius 3 is 2.79 bits per heavy atom. The maximum Gasteiger partial charge on any atom is 0.358 e. The third kappa shape index (κ3) is 2.94. The van der Waals surface area contributed by atoms with Crippen LogP contribution in [0.25, 0.3) is 0 Å². The Balaban J connectivity index is 2.26. The summed E-state index contributed by atoms with van der Waals surface area (Å²) in [7, 11) is 1.54. The van der Waals surface area contributed by atoms with Crippen LogP contribution in [0.1, 0.15) is 28.0 Å². The van der Waals surface area contributed by atoms with Gasteiger partial charge in [-0.3, -0.25) is 0 Å². The van der Waals surface area contributed by atoms with E-state index in [2.05, 4.69) is 20.5 Å². The van der Waals surface area contributed by atoms with Gasteiger partial charge < -0.3 is 14.3 Å². The molecule has 0 atom stereocenters. The molecule has 0 aliphatic heterocycles. The zero-order valence-electron chi connectivity index (χ0n) is 10.5. The average Bonchev–Trinajstić information content (AvgIpc) is 2.94. The van der Waals surface area contributed by atoms with Crippen molar-refractivity contribution in [2.45, 2.75) is 19.9 Å². The summed E-state index contributed by atoms with van der Waals surface area (Å²) in [5.41, 5.74) is 0.374. The van der Waals surface area contributed by atoms with Gasteiger partial charge in [0.05, 0.1) is 12.3 Å². The number of aromatic nitrogens is 5. The maximum absolute atomic E-state index is 11.0. The molecule has 0 saturated carbocycles. The van der Waals surface area contributed by atoms with E-state index < -0.39 is 5.97 Å². The number of carbonyl (C=O) groups is 1. The van der Waals surface area contributed by atoms with Crippen molar-refractivity contribution in [3.05, 3.63) is 23.2 Å². The second kappa shape index (κ2) is 5.57. The van der Waals surface area contributed by atoms with Crippen LogP contribution in [0.15, 0.2) is 4.42 Å². The quantitative estimate of drug-likeness (QED) is 0.771. The zero-order chi connectivity index (χ0) is 13.8. The minimum Gasteiger partial charge on any atom is -0.476 e. The van der Waals surface area contributed by atoms with Crippen LogP contribution in [0.4, 0.5) is 0 Å². The molecule has 2 rings (SSSR count). The molecule has 2 heterocycles. The van der Waals surface area contributed by atoms with Crippen LogP contribution < -0.4 is 0 Å². The van der Waals surface area contributed by atoms with E-state index in [0.29, 0.717) is 30.5 Å². The largest absolute Gasteiger partial charge is 0.476 e. The highest BCUT2D eigenvalue weighted by molar-refractivity contribution is 5.86. The number of aryl methyl sites for hydroxylation is 1. The monoisotopic (exact) mass is 267 g/mol. The van der Waals surface area contributed by atoms with Crippen molar-refractivity contribution >= 4 is 5.97 Å². The number of carboxylic acids is 1. The van der Waals surface area contributed by atoms with E-state index >= 15 is 0 Å². The van der Waals surface area contributed by atoms with Crippen molar-refractivity contribution in [3.63, 3.8) is 0 Å². The molecule has 0 unspecified atom stereocenters. The molecule has 0 fully saturated rings. The van der Waals surface area contributed by atoms with Crippen LogP contribution in [-0.4, -0.2) is 50.0 Å². The number of rotatable bonds is 6. The van der Waals surface area contributed by atoms with Crippen molar-refractivity contribution in [2.75, 3.05) is 13.7 Å². The van der Waals surface area contributed by atoms with E-state index in [-0.39, 0.29) is 12.2 Å². The highest BCUT2D eigenvalue weighted by Gasteiger charge is 2.19. The Morgan fingerprint density at radius 2 is 2.21 bits per heavy atom. The lowest BCUT2D eigenvalue weighted by atomic mass is 10.2. The van der Waals surface area contributed by atoms with Crippen molar-refractivity contribution in [3.8, 4) is 0 Å². The summed E-state index contributed by atoms with van der Waals surface area (Å²) in [5.74, 6) is -0.343. The Labute approximate surface area is 108 Å². The number of methoxy groups -OCH3 is 1. The lowest BCUT2D eigenvalue weighted by molar-refractivity contribution is 0.0688. The third-order valence-electron chi connectivity index (χ3n) is 2.44. The van der Waals surface area contributed by atoms with Crippen LogP contribution in [0.3, 0.4) is 0 Å². The summed E-state index contributed by atoms with van der Waals surface area (Å²) in [5, 5.41) is 24.0. The van der Waals surface area contributed by atoms with E-state index in [1.807, 2.05) is 0 Å². The van der Waals surface area contributed by atoms with Crippen molar-refractivity contribution in [1.29, 1.82) is 0 Å². The minimum absolute atomic E-state index is 0.0895. The van der Waals surface area contributed by atoms with Gasteiger partial charge in [0.2, 0.25) is 11.8 Å². The van der Waals surface area contributed by atoms with E-state index in [0.717, 1.165) is 0 Å². The lowest BCUT2D eigenvalue weighted by Crippen LogP contribution is -2.12. The third-order valence-corrected chi connectivity index (χ3v) is 2.44. The first-order chi connectivity index (χ1) is 9.11. The number of aromatic carboxylic acids is 1. The van der Waals surface area contributed by atoms with Crippen LogP contribution in [0.2, 0.25) is 0 Å². The Kier molecular flexibility index (Phi) is 3.85. The molecule has 0 aromatic carbocycles. The average molecular weight is 267 g/mol. The number of nitrogens with zero attached hydrogens (tertiary/aromatic N) is 5. The van der Waals surface area contributed by atoms with Gasteiger partial charge in [-0.25, -0.2) is 9.48 Å². The fraction of sp³-hybridized carbons (Fsp3) is 0.500. The molecular weight excluding hydrogens is 254 g/mol. The molecule has 2 aromatic rings. The standard InChI is InChI=1S/C10H13N5O4/c1-6-11-12-8(19-6)5-15-7(3-4-18-2)9(10(16)17)13-14-15/h3-5H2,1-2H3,(H,16,17). The zero-order valence-corrected chi connectivity index (χ0v) is 10.5. The summed E-state index contributed by atoms with van der Waals surface area (Å²) < 4.78 is 11.6. The highest BCUT2D eigenvalue weighted by atomic mass is 16.5. The number of hydrogen-bond donors (Lipinski definition) is 1. The molecule has 2 aromatic heterocycles. The normalized spacial score (nSPS) is 10.8. The molecule has 102 valence electrons. The predicted octanol–water partition coefficient (Wildman–Crippen LogP) is -0.0951. The van der Waals surface area contributed by atoms with E-state index in [9.17, 15) is 4.79 Å². The fourth-order valence-corrected chi connectivity index (χ4v) is 1.60. The summed E-state index contributed by atoms with van der Waals surface area (Å²) in [6, 6.07) is 0. The second-order valence-corrected chi connectivity index (χ2v) is 3.81. The van der Waals surface area contributed by atoms with Crippen molar-refractivity contribution in [1.82, 2.24) is 25.2 Å². The van der Waals surface area contributed by atoms with Gasteiger partial charge in [-0.05, 0) is 0 Å². The molecule has 0 spiro atoms. The van der Waals surface area contributed by atoms with E-state index in [1.54, 1.807) is 6.92 Å². The Hall–Kier alpha value is -2.29. The molecule has 0 bridgehead atoms. The maximum atomic E-state index is 11.0. The molecule has 0 saturated heterocycles. The van der Waals surface area contributed by atoms with Crippen molar-refractivity contribution < 1.29 is 19.1 Å². The summed E-state index contributed by atoms with van der Waals surface area (Å²) in [4.78, 5) is 11.0. The second-order valence-electron chi connectivity index (χ2n) is 3.81. The van der Waals surface area contributed by atoms with Gasteiger partial charge in [0.15, 0.2) is 5.69 Å². The predicted molar refractivity (Wildman–Crippen MR) is 60.7 cm³/mol. The SMILES string of the molecule is COCCc1c(C(=O)O)nnn1Cc1nnc(C)o1.